The molecule has 1 fully saturated rings. The fraction of sp³-hybridized carbons (Fsp3) is 0.769. The molecule has 16 heavy (non-hydrogen) atoms. The monoisotopic (exact) mass is 222 g/mol. The van der Waals surface area contributed by atoms with Crippen LogP contribution in [0.25, 0.3) is 0 Å². The first-order chi connectivity index (χ1) is 7.34. The first kappa shape index (κ1) is 11.6. The summed E-state index contributed by atoms with van der Waals surface area (Å²) in [6.07, 6.45) is 1.37. The molecule has 0 bridgehead atoms. The maximum atomic E-state index is 10.5. The number of aryl methyl sites for hydroxylation is 1. The van der Waals surface area contributed by atoms with Crippen LogP contribution >= 0.6 is 0 Å². The molecule has 0 aliphatic heterocycles. The molecule has 0 amide bonds. The summed E-state index contributed by atoms with van der Waals surface area (Å²) in [7, 11) is 0. The molecular formula is C13H22N2O. The van der Waals surface area contributed by atoms with E-state index in [1.165, 1.54) is 0 Å². The average molecular weight is 222 g/mol. The Hall–Kier alpha value is -0.830. The summed E-state index contributed by atoms with van der Waals surface area (Å²) in [5.74, 6) is 0.321. The van der Waals surface area contributed by atoms with Crippen molar-refractivity contribution in [3.63, 3.8) is 0 Å². The third-order valence-corrected chi connectivity index (χ3v) is 4.80. The Kier molecular flexibility index (Phi) is 2.42. The minimum Gasteiger partial charge on any atom is -0.386 e. The van der Waals surface area contributed by atoms with Crippen molar-refractivity contribution in [3.8, 4) is 0 Å². The number of aliphatic hydroxyl groups is 1. The third kappa shape index (κ3) is 1.34. The molecule has 1 N–H and O–H groups in total. The van der Waals surface area contributed by atoms with Gasteiger partial charge in [-0.1, -0.05) is 27.7 Å². The van der Waals surface area contributed by atoms with Crippen molar-refractivity contribution < 1.29 is 5.11 Å². The van der Waals surface area contributed by atoms with Crippen LogP contribution in [-0.4, -0.2) is 14.9 Å². The van der Waals surface area contributed by atoms with Crippen LogP contribution in [0, 0.1) is 16.7 Å². The zero-order chi connectivity index (χ0) is 12.1. The summed E-state index contributed by atoms with van der Waals surface area (Å²) in [6, 6.07) is 1.93. The van der Waals surface area contributed by atoms with Crippen molar-refractivity contribution in [2.45, 2.75) is 47.3 Å². The van der Waals surface area contributed by atoms with Gasteiger partial charge in [0.1, 0.15) is 0 Å². The highest BCUT2D eigenvalue weighted by Crippen LogP contribution is 2.72. The standard InChI is InChI=1S/C13H22N2O/c1-6-15-9(7-8-14-15)10(16)11-12(2,3)13(11,4)5/h7-8,10-11,16H,6H2,1-5H3. The van der Waals surface area contributed by atoms with E-state index in [1.807, 2.05) is 17.7 Å². The molecule has 2 rings (SSSR count). The van der Waals surface area contributed by atoms with Crippen LogP contribution in [0.3, 0.4) is 0 Å². The van der Waals surface area contributed by atoms with Crippen molar-refractivity contribution in [3.05, 3.63) is 18.0 Å². The quantitative estimate of drug-likeness (QED) is 0.853. The highest BCUT2D eigenvalue weighted by Gasteiger charge is 2.67. The molecule has 1 heterocycles. The van der Waals surface area contributed by atoms with Gasteiger partial charge in [0, 0.05) is 18.7 Å². The van der Waals surface area contributed by atoms with Crippen molar-refractivity contribution in [1.82, 2.24) is 9.78 Å². The normalized spacial score (nSPS) is 24.4. The lowest BCUT2D eigenvalue weighted by molar-refractivity contribution is 0.121. The van der Waals surface area contributed by atoms with Gasteiger partial charge in [-0.25, -0.2) is 0 Å². The van der Waals surface area contributed by atoms with Gasteiger partial charge in [-0.05, 0) is 23.8 Å². The Labute approximate surface area is 97.5 Å². The highest BCUT2D eigenvalue weighted by atomic mass is 16.3. The SMILES string of the molecule is CCn1nccc1C(O)C1C(C)(C)C1(C)C. The molecule has 1 aliphatic carbocycles. The maximum Gasteiger partial charge on any atom is 0.0995 e. The van der Waals surface area contributed by atoms with Crippen molar-refractivity contribution >= 4 is 0 Å². The zero-order valence-electron chi connectivity index (χ0n) is 10.9. The molecule has 0 aromatic carbocycles. The largest absolute Gasteiger partial charge is 0.386 e. The van der Waals surface area contributed by atoms with Crippen LogP contribution < -0.4 is 0 Å². The predicted molar refractivity (Wildman–Crippen MR) is 63.9 cm³/mol. The number of nitrogens with zero attached hydrogens (tertiary/aromatic N) is 2. The Morgan fingerprint density at radius 3 is 2.38 bits per heavy atom. The molecule has 1 atom stereocenters. The number of hydrogen-bond donors (Lipinski definition) is 1. The highest BCUT2D eigenvalue weighted by molar-refractivity contribution is 5.20. The van der Waals surface area contributed by atoms with Crippen molar-refractivity contribution in [2.24, 2.45) is 16.7 Å². The average Bonchev–Trinajstić information content (AvgIpc) is 2.58. The first-order valence-electron chi connectivity index (χ1n) is 6.03. The summed E-state index contributed by atoms with van der Waals surface area (Å²) in [4.78, 5) is 0. The van der Waals surface area contributed by atoms with E-state index in [9.17, 15) is 5.11 Å². The molecule has 3 nitrogen and oxygen atoms in total. The second-order valence-electron chi connectivity index (χ2n) is 5.94. The van der Waals surface area contributed by atoms with Crippen LogP contribution in [-0.2, 0) is 6.54 Å². The molecule has 0 radical (unpaired) electrons. The Balaban J connectivity index is 2.25. The van der Waals surface area contributed by atoms with E-state index in [-0.39, 0.29) is 10.8 Å². The summed E-state index contributed by atoms with van der Waals surface area (Å²) >= 11 is 0. The van der Waals surface area contributed by atoms with Crippen LogP contribution in [0.5, 0.6) is 0 Å². The maximum absolute atomic E-state index is 10.5. The predicted octanol–water partition coefficient (Wildman–Crippen LogP) is 2.62. The molecule has 1 aromatic heterocycles. The molecule has 90 valence electrons. The van der Waals surface area contributed by atoms with Gasteiger partial charge in [0.15, 0.2) is 0 Å². The van der Waals surface area contributed by atoms with E-state index >= 15 is 0 Å². The van der Waals surface area contributed by atoms with Gasteiger partial charge in [0.2, 0.25) is 0 Å². The van der Waals surface area contributed by atoms with Gasteiger partial charge in [0.25, 0.3) is 0 Å². The minimum atomic E-state index is -0.396. The summed E-state index contributed by atoms with van der Waals surface area (Å²) in [6.45, 7) is 11.8. The lowest BCUT2D eigenvalue weighted by Crippen LogP contribution is -2.12. The van der Waals surface area contributed by atoms with E-state index in [4.69, 9.17) is 0 Å². The van der Waals surface area contributed by atoms with Crippen LogP contribution in [0.15, 0.2) is 12.3 Å². The topological polar surface area (TPSA) is 38.0 Å². The number of rotatable bonds is 3. The van der Waals surface area contributed by atoms with Gasteiger partial charge < -0.3 is 5.11 Å². The first-order valence-corrected chi connectivity index (χ1v) is 6.03. The van der Waals surface area contributed by atoms with Gasteiger partial charge in [-0.2, -0.15) is 5.10 Å². The van der Waals surface area contributed by atoms with Gasteiger partial charge in [-0.3, -0.25) is 4.68 Å². The third-order valence-electron chi connectivity index (χ3n) is 4.80. The smallest absolute Gasteiger partial charge is 0.0995 e. The summed E-state index contributed by atoms with van der Waals surface area (Å²) in [5, 5.41) is 14.7. The van der Waals surface area contributed by atoms with Crippen LogP contribution in [0.4, 0.5) is 0 Å². The number of aliphatic hydroxyl groups excluding tert-OH is 1. The molecule has 1 aromatic rings. The van der Waals surface area contributed by atoms with Crippen LogP contribution in [0.2, 0.25) is 0 Å². The number of aromatic nitrogens is 2. The molecular weight excluding hydrogens is 200 g/mol. The van der Waals surface area contributed by atoms with Crippen molar-refractivity contribution in [1.29, 1.82) is 0 Å². The van der Waals surface area contributed by atoms with Gasteiger partial charge >= 0.3 is 0 Å². The van der Waals surface area contributed by atoms with E-state index in [0.717, 1.165) is 12.2 Å². The molecule has 0 spiro atoms. The Bertz CT molecular complexity index is 378. The summed E-state index contributed by atoms with van der Waals surface area (Å²) in [5.41, 5.74) is 1.36. The van der Waals surface area contributed by atoms with Gasteiger partial charge in [-0.15, -0.1) is 0 Å². The Morgan fingerprint density at radius 1 is 1.38 bits per heavy atom. The molecule has 0 saturated heterocycles. The number of hydrogen-bond acceptors (Lipinski definition) is 2. The fourth-order valence-electron chi connectivity index (χ4n) is 3.07. The van der Waals surface area contributed by atoms with E-state index < -0.39 is 6.10 Å². The lowest BCUT2D eigenvalue weighted by atomic mass is 10.0. The van der Waals surface area contributed by atoms with E-state index in [0.29, 0.717) is 5.92 Å². The molecule has 1 aliphatic rings. The second kappa shape index (κ2) is 3.33. The molecule has 3 heteroatoms. The minimum absolute atomic E-state index is 0.204. The fourth-order valence-corrected chi connectivity index (χ4v) is 3.07. The zero-order valence-corrected chi connectivity index (χ0v) is 10.9. The van der Waals surface area contributed by atoms with E-state index in [2.05, 4.69) is 32.8 Å². The van der Waals surface area contributed by atoms with Gasteiger partial charge in [0.05, 0.1) is 11.8 Å². The second-order valence-corrected chi connectivity index (χ2v) is 5.94. The summed E-state index contributed by atoms with van der Waals surface area (Å²) < 4.78 is 1.88. The van der Waals surface area contributed by atoms with E-state index in [1.54, 1.807) is 6.20 Å². The molecule has 1 saturated carbocycles. The Morgan fingerprint density at radius 2 is 1.94 bits per heavy atom. The molecule has 1 unspecified atom stereocenters. The lowest BCUT2D eigenvalue weighted by Gasteiger charge is -2.14. The van der Waals surface area contributed by atoms with Crippen molar-refractivity contribution in [2.75, 3.05) is 0 Å². The van der Waals surface area contributed by atoms with Crippen LogP contribution in [0.1, 0.15) is 46.4 Å².